The lowest BCUT2D eigenvalue weighted by atomic mass is 9.87. The van der Waals surface area contributed by atoms with E-state index >= 15 is 0 Å². The zero-order valence-electron chi connectivity index (χ0n) is 11.7. The minimum absolute atomic E-state index is 0.0906. The van der Waals surface area contributed by atoms with Gasteiger partial charge < -0.3 is 5.32 Å². The van der Waals surface area contributed by atoms with Crippen LogP contribution in [-0.2, 0) is 5.54 Å². The van der Waals surface area contributed by atoms with Gasteiger partial charge in [0, 0.05) is 25.7 Å². The predicted molar refractivity (Wildman–Crippen MR) is 77.6 cm³/mol. The SMILES string of the molecule is C/C=C/CN1CC(C)NCC1(C)c1ccccc1. The second-order valence-corrected chi connectivity index (χ2v) is 5.40. The van der Waals surface area contributed by atoms with Gasteiger partial charge >= 0.3 is 0 Å². The summed E-state index contributed by atoms with van der Waals surface area (Å²) in [5, 5.41) is 3.61. The second kappa shape index (κ2) is 5.68. The van der Waals surface area contributed by atoms with Crippen molar-refractivity contribution in [1.82, 2.24) is 10.2 Å². The van der Waals surface area contributed by atoms with Crippen molar-refractivity contribution in [2.45, 2.75) is 32.4 Å². The molecular formula is C16H24N2. The maximum Gasteiger partial charge on any atom is 0.0560 e. The van der Waals surface area contributed by atoms with E-state index in [4.69, 9.17) is 0 Å². The molecule has 1 heterocycles. The Bertz CT molecular complexity index is 399. The molecule has 18 heavy (non-hydrogen) atoms. The van der Waals surface area contributed by atoms with Crippen molar-refractivity contribution in [3.63, 3.8) is 0 Å². The molecule has 2 rings (SSSR count). The third-order valence-corrected chi connectivity index (χ3v) is 3.94. The summed E-state index contributed by atoms with van der Waals surface area (Å²) in [6, 6.07) is 11.4. The largest absolute Gasteiger partial charge is 0.311 e. The van der Waals surface area contributed by atoms with Crippen molar-refractivity contribution in [3.8, 4) is 0 Å². The molecule has 1 N–H and O–H groups in total. The van der Waals surface area contributed by atoms with Gasteiger partial charge in [0.05, 0.1) is 5.54 Å². The smallest absolute Gasteiger partial charge is 0.0560 e. The molecule has 2 atom stereocenters. The van der Waals surface area contributed by atoms with Crippen molar-refractivity contribution in [1.29, 1.82) is 0 Å². The van der Waals surface area contributed by atoms with Crippen molar-refractivity contribution >= 4 is 0 Å². The van der Waals surface area contributed by atoms with E-state index in [1.165, 1.54) is 5.56 Å². The monoisotopic (exact) mass is 244 g/mol. The molecule has 1 aliphatic rings. The van der Waals surface area contributed by atoms with Crippen LogP contribution in [-0.4, -0.2) is 30.6 Å². The van der Waals surface area contributed by atoms with Gasteiger partial charge in [0.25, 0.3) is 0 Å². The highest BCUT2D eigenvalue weighted by Crippen LogP contribution is 2.30. The first-order chi connectivity index (χ1) is 8.66. The molecule has 1 aliphatic heterocycles. The van der Waals surface area contributed by atoms with Gasteiger partial charge in [-0.3, -0.25) is 4.90 Å². The summed E-state index contributed by atoms with van der Waals surface area (Å²) in [4.78, 5) is 2.57. The topological polar surface area (TPSA) is 15.3 Å². The number of rotatable bonds is 3. The third kappa shape index (κ3) is 2.65. The first-order valence-corrected chi connectivity index (χ1v) is 6.82. The first kappa shape index (κ1) is 13.3. The van der Waals surface area contributed by atoms with Crippen LogP contribution in [0.2, 0.25) is 0 Å². The molecule has 0 aliphatic carbocycles. The van der Waals surface area contributed by atoms with Crippen LogP contribution in [0.4, 0.5) is 0 Å². The minimum Gasteiger partial charge on any atom is -0.311 e. The molecule has 1 saturated heterocycles. The fourth-order valence-corrected chi connectivity index (χ4v) is 2.67. The highest BCUT2D eigenvalue weighted by Gasteiger charge is 2.37. The molecule has 98 valence electrons. The van der Waals surface area contributed by atoms with Crippen LogP contribution in [0.25, 0.3) is 0 Å². The minimum atomic E-state index is 0.0906. The molecule has 0 spiro atoms. The number of hydrogen-bond donors (Lipinski definition) is 1. The highest BCUT2D eigenvalue weighted by molar-refractivity contribution is 5.25. The van der Waals surface area contributed by atoms with Crippen LogP contribution < -0.4 is 5.32 Å². The van der Waals surface area contributed by atoms with Gasteiger partial charge in [0.1, 0.15) is 0 Å². The quantitative estimate of drug-likeness (QED) is 0.823. The molecular weight excluding hydrogens is 220 g/mol. The Labute approximate surface area is 111 Å². The van der Waals surface area contributed by atoms with Crippen molar-refractivity contribution in [2.75, 3.05) is 19.6 Å². The van der Waals surface area contributed by atoms with Gasteiger partial charge in [-0.15, -0.1) is 0 Å². The molecule has 2 heteroatoms. The van der Waals surface area contributed by atoms with E-state index in [9.17, 15) is 0 Å². The molecule has 2 nitrogen and oxygen atoms in total. The molecule has 0 bridgehead atoms. The van der Waals surface area contributed by atoms with E-state index in [0.717, 1.165) is 19.6 Å². The normalized spacial score (nSPS) is 29.8. The average molecular weight is 244 g/mol. The van der Waals surface area contributed by atoms with E-state index in [-0.39, 0.29) is 5.54 Å². The number of benzene rings is 1. The summed E-state index contributed by atoms with van der Waals surface area (Å²) in [5.74, 6) is 0. The van der Waals surface area contributed by atoms with Crippen LogP contribution >= 0.6 is 0 Å². The average Bonchev–Trinajstić information content (AvgIpc) is 2.41. The van der Waals surface area contributed by atoms with Crippen LogP contribution in [0, 0.1) is 0 Å². The lowest BCUT2D eigenvalue weighted by Gasteiger charge is -2.47. The Kier molecular flexibility index (Phi) is 4.20. The zero-order chi connectivity index (χ0) is 13.0. The van der Waals surface area contributed by atoms with E-state index in [0.29, 0.717) is 6.04 Å². The Morgan fingerprint density at radius 1 is 1.39 bits per heavy atom. The summed E-state index contributed by atoms with van der Waals surface area (Å²) in [7, 11) is 0. The van der Waals surface area contributed by atoms with E-state index in [1.807, 2.05) is 0 Å². The lowest BCUT2D eigenvalue weighted by Crippen LogP contribution is -2.60. The molecule has 0 radical (unpaired) electrons. The zero-order valence-corrected chi connectivity index (χ0v) is 11.7. The Morgan fingerprint density at radius 2 is 2.11 bits per heavy atom. The van der Waals surface area contributed by atoms with Gasteiger partial charge in [-0.1, -0.05) is 42.5 Å². The summed E-state index contributed by atoms with van der Waals surface area (Å²) in [5.41, 5.74) is 1.49. The molecule has 2 unspecified atom stereocenters. The van der Waals surface area contributed by atoms with Crippen LogP contribution in [0.15, 0.2) is 42.5 Å². The van der Waals surface area contributed by atoms with Crippen LogP contribution in [0.5, 0.6) is 0 Å². The molecule has 1 aromatic rings. The third-order valence-electron chi connectivity index (χ3n) is 3.94. The predicted octanol–water partition coefficient (Wildman–Crippen LogP) is 2.77. The van der Waals surface area contributed by atoms with Crippen molar-refractivity contribution in [2.24, 2.45) is 0 Å². The molecule has 1 fully saturated rings. The molecule has 0 aromatic heterocycles. The molecule has 0 amide bonds. The number of allylic oxidation sites excluding steroid dienone is 1. The van der Waals surface area contributed by atoms with E-state index < -0.39 is 0 Å². The van der Waals surface area contributed by atoms with Gasteiger partial charge in [-0.25, -0.2) is 0 Å². The number of hydrogen-bond acceptors (Lipinski definition) is 2. The van der Waals surface area contributed by atoms with Gasteiger partial charge in [0.2, 0.25) is 0 Å². The number of nitrogens with zero attached hydrogens (tertiary/aromatic N) is 1. The fraction of sp³-hybridized carbons (Fsp3) is 0.500. The van der Waals surface area contributed by atoms with Crippen molar-refractivity contribution < 1.29 is 0 Å². The fourth-order valence-electron chi connectivity index (χ4n) is 2.67. The number of nitrogens with one attached hydrogen (secondary N) is 1. The first-order valence-electron chi connectivity index (χ1n) is 6.82. The number of piperazine rings is 1. The van der Waals surface area contributed by atoms with Gasteiger partial charge in [0.15, 0.2) is 0 Å². The highest BCUT2D eigenvalue weighted by atomic mass is 15.3. The van der Waals surface area contributed by atoms with Crippen molar-refractivity contribution in [3.05, 3.63) is 48.0 Å². The summed E-state index contributed by atoms with van der Waals surface area (Å²) in [6.45, 7) is 9.81. The van der Waals surface area contributed by atoms with E-state index in [2.05, 4.69) is 73.5 Å². The molecule has 1 aromatic carbocycles. The maximum absolute atomic E-state index is 3.61. The standard InChI is InChI=1S/C16H24N2/c1-4-5-11-18-12-14(2)17-13-16(18,3)15-9-7-6-8-10-15/h4-10,14,17H,11-13H2,1-3H3/b5-4+. The lowest BCUT2D eigenvalue weighted by molar-refractivity contribution is 0.0657. The summed E-state index contributed by atoms with van der Waals surface area (Å²) in [6.07, 6.45) is 4.39. The maximum atomic E-state index is 3.61. The second-order valence-electron chi connectivity index (χ2n) is 5.40. The Morgan fingerprint density at radius 3 is 2.78 bits per heavy atom. The van der Waals surface area contributed by atoms with Crippen LogP contribution in [0.1, 0.15) is 26.3 Å². The summed E-state index contributed by atoms with van der Waals surface area (Å²) < 4.78 is 0. The van der Waals surface area contributed by atoms with Gasteiger partial charge in [-0.2, -0.15) is 0 Å². The Balaban J connectivity index is 2.26. The Hall–Kier alpha value is -1.12. The molecule has 0 saturated carbocycles. The van der Waals surface area contributed by atoms with Crippen LogP contribution in [0.3, 0.4) is 0 Å². The van der Waals surface area contributed by atoms with E-state index in [1.54, 1.807) is 0 Å². The van der Waals surface area contributed by atoms with Gasteiger partial charge in [-0.05, 0) is 26.3 Å². The summed E-state index contributed by atoms with van der Waals surface area (Å²) >= 11 is 0.